The van der Waals surface area contributed by atoms with Gasteiger partial charge in [-0.1, -0.05) is 47.5 Å². The Morgan fingerprint density at radius 1 is 0.925 bits per heavy atom. The molecule has 212 valence electrons. The maximum Gasteiger partial charge on any atom is 0.335 e. The maximum absolute atomic E-state index is 12.8. The zero-order valence-corrected chi connectivity index (χ0v) is 23.9. The molecule has 0 aliphatic carbocycles. The summed E-state index contributed by atoms with van der Waals surface area (Å²) in [6.07, 6.45) is -0.0426. The van der Waals surface area contributed by atoms with Gasteiger partial charge in [0, 0.05) is 17.9 Å². The van der Waals surface area contributed by atoms with Crippen LogP contribution in [0.4, 0.5) is 0 Å². The number of aromatic carboxylic acids is 1. The fraction of sp³-hybridized carbons (Fsp3) is 0.250. The molecule has 0 saturated heterocycles. The van der Waals surface area contributed by atoms with Crippen LogP contribution in [0.15, 0.2) is 48.5 Å². The first-order chi connectivity index (χ1) is 19.1. The van der Waals surface area contributed by atoms with Crippen LogP contribution in [0.3, 0.4) is 0 Å². The highest BCUT2D eigenvalue weighted by molar-refractivity contribution is 7.98. The van der Waals surface area contributed by atoms with Crippen LogP contribution >= 0.6 is 35.0 Å². The Morgan fingerprint density at radius 3 is 1.98 bits per heavy atom. The summed E-state index contributed by atoms with van der Waals surface area (Å²) in [6, 6.07) is 11.7. The van der Waals surface area contributed by atoms with Crippen molar-refractivity contribution in [2.24, 2.45) is 0 Å². The van der Waals surface area contributed by atoms with Crippen LogP contribution in [-0.4, -0.2) is 65.8 Å². The molecule has 0 aliphatic heterocycles. The van der Waals surface area contributed by atoms with Gasteiger partial charge in [-0.25, -0.2) is 9.59 Å². The van der Waals surface area contributed by atoms with Gasteiger partial charge in [0.05, 0.1) is 47.6 Å². The number of aliphatic hydroxyl groups is 1. The average molecular weight is 608 g/mol. The van der Waals surface area contributed by atoms with E-state index in [9.17, 15) is 19.5 Å². The van der Waals surface area contributed by atoms with Gasteiger partial charge in [0.15, 0.2) is 0 Å². The van der Waals surface area contributed by atoms with Crippen molar-refractivity contribution in [2.45, 2.75) is 18.2 Å². The number of carbonyl (C=O) groups is 3. The van der Waals surface area contributed by atoms with Crippen molar-refractivity contribution in [3.05, 3.63) is 80.8 Å². The molecule has 3 aromatic rings. The Labute approximate surface area is 245 Å². The van der Waals surface area contributed by atoms with Gasteiger partial charge >= 0.3 is 11.9 Å². The molecule has 0 unspecified atom stereocenters. The summed E-state index contributed by atoms with van der Waals surface area (Å²) in [5.74, 6) is -0.897. The molecule has 0 radical (unpaired) electrons. The smallest absolute Gasteiger partial charge is 0.335 e. The van der Waals surface area contributed by atoms with E-state index in [0.29, 0.717) is 28.6 Å². The zero-order valence-electron chi connectivity index (χ0n) is 21.6. The number of ether oxygens (including phenoxy) is 2. The number of carboxylic acids is 2. The number of methoxy groups -OCH3 is 2. The van der Waals surface area contributed by atoms with Gasteiger partial charge in [0.1, 0.15) is 17.5 Å². The number of carboxylic acid groups (broad SMARTS) is 2. The third-order valence-electron chi connectivity index (χ3n) is 5.87. The summed E-state index contributed by atoms with van der Waals surface area (Å²) in [5.41, 5.74) is 2.69. The van der Waals surface area contributed by atoms with Crippen LogP contribution in [0, 0.1) is 0 Å². The highest BCUT2D eigenvalue weighted by atomic mass is 35.5. The SMILES string of the molecule is COc1cc(CSCCO)cc(OC)c1-c1ccc(C[C@H](NC(=O)c2c(Cl)cc(C(=O)O)cc2Cl)C(=O)O)cc1. The molecule has 0 bridgehead atoms. The molecule has 1 amide bonds. The third kappa shape index (κ3) is 7.60. The van der Waals surface area contributed by atoms with Gasteiger partial charge < -0.3 is 30.1 Å². The van der Waals surface area contributed by atoms with E-state index in [1.807, 2.05) is 12.1 Å². The molecule has 0 saturated carbocycles. The van der Waals surface area contributed by atoms with Crippen LogP contribution in [-0.2, 0) is 17.0 Å². The molecule has 3 rings (SSSR count). The Hall–Kier alpha value is -3.44. The third-order valence-corrected chi connectivity index (χ3v) is 7.48. The minimum Gasteiger partial charge on any atom is -0.496 e. The number of carbonyl (C=O) groups excluding carboxylic acids is 1. The molecule has 0 fully saturated rings. The minimum absolute atomic E-state index is 0.0426. The number of benzene rings is 3. The van der Waals surface area contributed by atoms with Crippen molar-refractivity contribution < 1.29 is 39.2 Å². The normalized spacial score (nSPS) is 11.5. The van der Waals surface area contributed by atoms with Crippen molar-refractivity contribution >= 4 is 52.8 Å². The number of hydrogen-bond donors (Lipinski definition) is 4. The fourth-order valence-corrected chi connectivity index (χ4v) is 5.31. The number of thioether (sulfide) groups is 1. The first-order valence-electron chi connectivity index (χ1n) is 11.9. The lowest BCUT2D eigenvalue weighted by atomic mass is 9.98. The summed E-state index contributed by atoms with van der Waals surface area (Å²) in [6.45, 7) is 0.0944. The molecule has 40 heavy (non-hydrogen) atoms. The van der Waals surface area contributed by atoms with Crippen LogP contribution in [0.2, 0.25) is 10.0 Å². The number of rotatable bonds is 13. The Morgan fingerprint density at radius 2 is 1.50 bits per heavy atom. The van der Waals surface area contributed by atoms with Gasteiger partial charge in [-0.3, -0.25) is 4.79 Å². The predicted octanol–water partition coefficient (Wildman–Crippen LogP) is 5.03. The van der Waals surface area contributed by atoms with Gasteiger partial charge in [-0.15, -0.1) is 0 Å². The molecule has 9 nitrogen and oxygen atoms in total. The van der Waals surface area contributed by atoms with Crippen LogP contribution < -0.4 is 14.8 Å². The highest BCUT2D eigenvalue weighted by Crippen LogP contribution is 2.40. The van der Waals surface area contributed by atoms with Crippen LogP contribution in [0.25, 0.3) is 11.1 Å². The minimum atomic E-state index is -1.32. The quantitative estimate of drug-likeness (QED) is 0.197. The second-order valence-corrected chi connectivity index (χ2v) is 10.5. The highest BCUT2D eigenvalue weighted by Gasteiger charge is 2.25. The van der Waals surface area contributed by atoms with E-state index in [-0.39, 0.29) is 34.2 Å². The maximum atomic E-state index is 12.8. The Kier molecular flexibility index (Phi) is 11.1. The van der Waals surface area contributed by atoms with Crippen molar-refractivity contribution in [3.63, 3.8) is 0 Å². The van der Waals surface area contributed by atoms with Gasteiger partial charge in [0.25, 0.3) is 5.91 Å². The predicted molar refractivity (Wildman–Crippen MR) is 154 cm³/mol. The summed E-state index contributed by atoms with van der Waals surface area (Å²) < 4.78 is 11.2. The molecule has 0 aromatic heterocycles. The lowest BCUT2D eigenvalue weighted by Gasteiger charge is -2.18. The van der Waals surface area contributed by atoms with Crippen molar-refractivity contribution in [3.8, 4) is 22.6 Å². The van der Waals surface area contributed by atoms with Crippen LogP contribution in [0.1, 0.15) is 31.8 Å². The molecule has 12 heteroatoms. The number of hydrogen-bond acceptors (Lipinski definition) is 7. The number of halogens is 2. The topological polar surface area (TPSA) is 142 Å². The number of aliphatic carboxylic acids is 1. The van der Waals surface area contributed by atoms with E-state index in [4.69, 9.17) is 42.9 Å². The summed E-state index contributed by atoms with van der Waals surface area (Å²) in [5, 5.41) is 29.9. The summed E-state index contributed by atoms with van der Waals surface area (Å²) in [4.78, 5) is 36.0. The molecule has 0 spiro atoms. The van der Waals surface area contributed by atoms with Gasteiger partial charge in [-0.05, 0) is 41.0 Å². The number of nitrogens with one attached hydrogen (secondary N) is 1. The molecule has 0 aliphatic rings. The first-order valence-corrected chi connectivity index (χ1v) is 13.8. The number of amides is 1. The molecular formula is C28H27Cl2NO8S. The standard InChI is InChI=1S/C28H27Cl2NO8S/c1-38-22-10-16(14-40-8-7-32)11-23(39-2)24(22)17-5-3-15(4-6-17)9-21(28(36)37)31-26(33)25-19(29)12-18(27(34)35)13-20(25)30/h3-6,10-13,21,32H,7-9,14H2,1-2H3,(H,31,33)(H,34,35)(H,36,37)/t21-/m0/s1. The largest absolute Gasteiger partial charge is 0.496 e. The van der Waals surface area contributed by atoms with E-state index in [2.05, 4.69) is 5.32 Å². The van der Waals surface area contributed by atoms with E-state index >= 15 is 0 Å². The zero-order chi connectivity index (χ0) is 29.4. The molecule has 3 aromatic carbocycles. The van der Waals surface area contributed by atoms with Crippen molar-refractivity contribution in [1.82, 2.24) is 5.32 Å². The Bertz CT molecular complexity index is 1350. The van der Waals surface area contributed by atoms with Crippen molar-refractivity contribution in [2.75, 3.05) is 26.6 Å². The fourth-order valence-electron chi connectivity index (χ4n) is 3.98. The second-order valence-electron chi connectivity index (χ2n) is 8.54. The second kappa shape index (κ2) is 14.3. The lowest BCUT2D eigenvalue weighted by Crippen LogP contribution is -2.42. The van der Waals surface area contributed by atoms with Gasteiger partial charge in [0.2, 0.25) is 0 Å². The lowest BCUT2D eigenvalue weighted by molar-refractivity contribution is -0.139. The first kappa shape index (κ1) is 31.1. The van der Waals surface area contributed by atoms with E-state index in [1.165, 1.54) is 0 Å². The number of aliphatic hydroxyl groups excluding tert-OH is 1. The molecule has 1 atom stereocenters. The molecule has 4 N–H and O–H groups in total. The summed E-state index contributed by atoms with van der Waals surface area (Å²) in [7, 11) is 3.12. The molecule has 0 heterocycles. The van der Waals surface area contributed by atoms with Crippen molar-refractivity contribution in [1.29, 1.82) is 0 Å². The Balaban J connectivity index is 1.82. The molecular weight excluding hydrogens is 581 g/mol. The van der Waals surface area contributed by atoms with E-state index in [0.717, 1.165) is 28.8 Å². The van der Waals surface area contributed by atoms with Crippen LogP contribution in [0.5, 0.6) is 11.5 Å². The summed E-state index contributed by atoms with van der Waals surface area (Å²) >= 11 is 13.7. The van der Waals surface area contributed by atoms with E-state index < -0.39 is 23.9 Å². The van der Waals surface area contributed by atoms with E-state index in [1.54, 1.807) is 50.2 Å². The average Bonchev–Trinajstić information content (AvgIpc) is 2.92. The monoisotopic (exact) mass is 607 g/mol. The van der Waals surface area contributed by atoms with Gasteiger partial charge in [-0.2, -0.15) is 11.8 Å².